The van der Waals surface area contributed by atoms with Crippen molar-refractivity contribution in [1.82, 2.24) is 4.90 Å². The first-order valence-electron chi connectivity index (χ1n) is 6.74. The normalized spacial score (nSPS) is 23.8. The van der Waals surface area contributed by atoms with Crippen molar-refractivity contribution in [2.24, 2.45) is 11.8 Å². The first-order chi connectivity index (χ1) is 9.27. The molecule has 1 heterocycles. The monoisotopic (exact) mass is 285 g/mol. The Hall–Kier alpha value is -1.52. The number of carbonyl (C=O) groups is 1. The van der Waals surface area contributed by atoms with Crippen LogP contribution in [-0.4, -0.2) is 23.9 Å². The molecule has 1 aromatic carbocycles. The lowest BCUT2D eigenvalue weighted by molar-refractivity contribution is -0.137. The maximum absolute atomic E-state index is 12.7. The van der Waals surface area contributed by atoms with Crippen LogP contribution in [-0.2, 0) is 6.18 Å². The van der Waals surface area contributed by atoms with Crippen molar-refractivity contribution in [3.05, 3.63) is 35.4 Å². The molecule has 0 saturated carbocycles. The van der Waals surface area contributed by atoms with E-state index in [1.807, 2.05) is 0 Å². The van der Waals surface area contributed by atoms with Crippen LogP contribution in [0.5, 0.6) is 0 Å². The average molecular weight is 285 g/mol. The highest BCUT2D eigenvalue weighted by atomic mass is 19.4. The van der Waals surface area contributed by atoms with Gasteiger partial charge in [-0.2, -0.15) is 13.2 Å². The first kappa shape index (κ1) is 14.9. The number of nitrogens with zero attached hydrogens (tertiary/aromatic N) is 1. The molecule has 1 fully saturated rings. The molecule has 1 aromatic rings. The minimum absolute atomic E-state index is 0.112. The summed E-state index contributed by atoms with van der Waals surface area (Å²) in [5, 5.41) is 0. The molecule has 2 unspecified atom stereocenters. The number of halogens is 3. The standard InChI is InChI=1S/C15H18F3NO/c1-10-6-11(2)9-19(8-10)14(20)12-4-3-5-13(7-12)15(16,17)18/h3-5,7,10-11H,6,8-9H2,1-2H3. The largest absolute Gasteiger partial charge is 0.416 e. The number of hydrogen-bond donors (Lipinski definition) is 0. The summed E-state index contributed by atoms with van der Waals surface area (Å²) >= 11 is 0. The van der Waals surface area contributed by atoms with E-state index in [4.69, 9.17) is 0 Å². The second-order valence-corrected chi connectivity index (χ2v) is 5.73. The molecule has 2 atom stereocenters. The molecule has 20 heavy (non-hydrogen) atoms. The summed E-state index contributed by atoms with van der Waals surface area (Å²) in [6.45, 7) is 5.34. The number of likely N-dealkylation sites (tertiary alicyclic amines) is 1. The maximum atomic E-state index is 12.7. The van der Waals surface area contributed by atoms with Gasteiger partial charge in [-0.05, 0) is 36.5 Å². The summed E-state index contributed by atoms with van der Waals surface area (Å²) < 4.78 is 38.0. The van der Waals surface area contributed by atoms with Gasteiger partial charge in [0.2, 0.25) is 0 Å². The number of piperidine rings is 1. The van der Waals surface area contributed by atoms with Crippen LogP contribution in [0, 0.1) is 11.8 Å². The zero-order valence-electron chi connectivity index (χ0n) is 11.6. The molecular formula is C15H18F3NO. The number of carbonyl (C=O) groups excluding carboxylic acids is 1. The van der Waals surface area contributed by atoms with E-state index in [0.717, 1.165) is 18.6 Å². The number of rotatable bonds is 1. The van der Waals surface area contributed by atoms with Crippen LogP contribution in [0.1, 0.15) is 36.2 Å². The minimum Gasteiger partial charge on any atom is -0.338 e. The van der Waals surface area contributed by atoms with Crippen molar-refractivity contribution in [3.8, 4) is 0 Å². The molecule has 2 rings (SSSR count). The number of amides is 1. The number of alkyl halides is 3. The fourth-order valence-electron chi connectivity index (χ4n) is 2.84. The summed E-state index contributed by atoms with van der Waals surface area (Å²) in [6, 6.07) is 4.65. The molecule has 110 valence electrons. The van der Waals surface area contributed by atoms with Crippen LogP contribution >= 0.6 is 0 Å². The lowest BCUT2D eigenvalue weighted by Crippen LogP contribution is -2.42. The topological polar surface area (TPSA) is 20.3 Å². The molecule has 0 radical (unpaired) electrons. The van der Waals surface area contributed by atoms with Gasteiger partial charge < -0.3 is 4.90 Å². The Morgan fingerprint density at radius 3 is 2.35 bits per heavy atom. The van der Waals surface area contributed by atoms with Crippen LogP contribution in [0.15, 0.2) is 24.3 Å². The lowest BCUT2D eigenvalue weighted by Gasteiger charge is -2.35. The third-order valence-electron chi connectivity index (χ3n) is 3.59. The second kappa shape index (κ2) is 5.46. The van der Waals surface area contributed by atoms with E-state index < -0.39 is 11.7 Å². The summed E-state index contributed by atoms with van der Waals surface area (Å²) in [5.74, 6) is 0.455. The maximum Gasteiger partial charge on any atom is 0.416 e. The van der Waals surface area contributed by atoms with Gasteiger partial charge in [0.1, 0.15) is 0 Å². The zero-order chi connectivity index (χ0) is 14.9. The van der Waals surface area contributed by atoms with Crippen molar-refractivity contribution >= 4 is 5.91 Å². The van der Waals surface area contributed by atoms with Gasteiger partial charge in [0.15, 0.2) is 0 Å². The Morgan fingerprint density at radius 2 is 1.80 bits per heavy atom. The highest BCUT2D eigenvalue weighted by Gasteiger charge is 2.32. The highest BCUT2D eigenvalue weighted by molar-refractivity contribution is 5.94. The summed E-state index contributed by atoms with van der Waals surface area (Å²) in [5.41, 5.74) is -0.664. The Bertz CT molecular complexity index is 488. The van der Waals surface area contributed by atoms with Crippen molar-refractivity contribution < 1.29 is 18.0 Å². The molecule has 0 N–H and O–H groups in total. The first-order valence-corrected chi connectivity index (χ1v) is 6.74. The van der Waals surface area contributed by atoms with Gasteiger partial charge >= 0.3 is 6.18 Å². The predicted molar refractivity (Wildman–Crippen MR) is 70.3 cm³/mol. The van der Waals surface area contributed by atoms with Gasteiger partial charge in [-0.15, -0.1) is 0 Å². The fraction of sp³-hybridized carbons (Fsp3) is 0.533. The quantitative estimate of drug-likeness (QED) is 0.768. The molecule has 0 bridgehead atoms. The van der Waals surface area contributed by atoms with E-state index in [1.54, 1.807) is 4.90 Å². The van der Waals surface area contributed by atoms with Crippen molar-refractivity contribution in [2.75, 3.05) is 13.1 Å². The van der Waals surface area contributed by atoms with Crippen LogP contribution < -0.4 is 0 Å². The van der Waals surface area contributed by atoms with Gasteiger partial charge in [0, 0.05) is 18.7 Å². The van der Waals surface area contributed by atoms with Gasteiger partial charge in [0.05, 0.1) is 5.56 Å². The van der Waals surface area contributed by atoms with E-state index in [1.165, 1.54) is 12.1 Å². The number of benzene rings is 1. The molecule has 1 aliphatic rings. The summed E-state index contributed by atoms with van der Waals surface area (Å²) in [4.78, 5) is 14.0. The molecule has 1 saturated heterocycles. The van der Waals surface area contributed by atoms with Crippen LogP contribution in [0.3, 0.4) is 0 Å². The second-order valence-electron chi connectivity index (χ2n) is 5.73. The average Bonchev–Trinajstić information content (AvgIpc) is 2.36. The fourth-order valence-corrected chi connectivity index (χ4v) is 2.84. The third-order valence-corrected chi connectivity index (χ3v) is 3.59. The molecular weight excluding hydrogens is 267 g/mol. The van der Waals surface area contributed by atoms with E-state index in [2.05, 4.69) is 13.8 Å². The van der Waals surface area contributed by atoms with Gasteiger partial charge in [-0.25, -0.2) is 0 Å². The summed E-state index contributed by atoms with van der Waals surface area (Å²) in [7, 11) is 0. The molecule has 1 amide bonds. The van der Waals surface area contributed by atoms with Gasteiger partial charge in [-0.3, -0.25) is 4.79 Å². The Morgan fingerprint density at radius 1 is 1.20 bits per heavy atom. The third kappa shape index (κ3) is 3.32. The van der Waals surface area contributed by atoms with Crippen molar-refractivity contribution in [2.45, 2.75) is 26.4 Å². The number of hydrogen-bond acceptors (Lipinski definition) is 1. The van der Waals surface area contributed by atoms with Crippen molar-refractivity contribution in [3.63, 3.8) is 0 Å². The highest BCUT2D eigenvalue weighted by Crippen LogP contribution is 2.30. The Labute approximate surface area is 116 Å². The molecule has 1 aliphatic heterocycles. The molecule has 0 aromatic heterocycles. The minimum atomic E-state index is -4.42. The Balaban J connectivity index is 2.21. The molecule has 0 aliphatic carbocycles. The van der Waals surface area contributed by atoms with Gasteiger partial charge in [-0.1, -0.05) is 19.9 Å². The van der Waals surface area contributed by atoms with Crippen LogP contribution in [0.2, 0.25) is 0 Å². The SMILES string of the molecule is CC1CC(C)CN(C(=O)c2cccc(C(F)(F)F)c2)C1. The molecule has 2 nitrogen and oxygen atoms in total. The molecule has 5 heteroatoms. The zero-order valence-corrected chi connectivity index (χ0v) is 11.6. The Kier molecular flexibility index (Phi) is 4.06. The smallest absolute Gasteiger partial charge is 0.338 e. The van der Waals surface area contributed by atoms with E-state index >= 15 is 0 Å². The molecule has 0 spiro atoms. The predicted octanol–water partition coefficient (Wildman–Crippen LogP) is 3.82. The van der Waals surface area contributed by atoms with Crippen molar-refractivity contribution in [1.29, 1.82) is 0 Å². The lowest BCUT2D eigenvalue weighted by atomic mass is 9.91. The summed E-state index contributed by atoms with van der Waals surface area (Å²) in [6.07, 6.45) is -3.37. The van der Waals surface area contributed by atoms with E-state index in [-0.39, 0.29) is 11.5 Å². The van der Waals surface area contributed by atoms with E-state index in [0.29, 0.717) is 24.9 Å². The van der Waals surface area contributed by atoms with Gasteiger partial charge in [0.25, 0.3) is 5.91 Å². The van der Waals surface area contributed by atoms with Crippen LogP contribution in [0.4, 0.5) is 13.2 Å². The van der Waals surface area contributed by atoms with Crippen LogP contribution in [0.25, 0.3) is 0 Å². The van der Waals surface area contributed by atoms with E-state index in [9.17, 15) is 18.0 Å².